The number of aromatic nitrogens is 1. The first kappa shape index (κ1) is 18.8. The van der Waals surface area contributed by atoms with Crippen molar-refractivity contribution in [2.24, 2.45) is 5.14 Å². The van der Waals surface area contributed by atoms with Gasteiger partial charge < -0.3 is 4.74 Å². The van der Waals surface area contributed by atoms with Gasteiger partial charge in [0.2, 0.25) is 10.0 Å². The molecule has 0 amide bonds. The summed E-state index contributed by atoms with van der Waals surface area (Å²) >= 11 is 0. The van der Waals surface area contributed by atoms with Crippen LogP contribution in [0.1, 0.15) is 5.69 Å². The Kier molecular flexibility index (Phi) is 6.20. The fourth-order valence-corrected chi connectivity index (χ4v) is 3.43. The highest BCUT2D eigenvalue weighted by Gasteiger charge is 2.17. The fraction of sp³-hybridized carbons (Fsp3) is 0.389. The van der Waals surface area contributed by atoms with Crippen LogP contribution in [0.2, 0.25) is 0 Å². The molecule has 1 aliphatic heterocycles. The summed E-state index contributed by atoms with van der Waals surface area (Å²) in [5.41, 5.74) is 1.10. The zero-order valence-electron chi connectivity index (χ0n) is 14.6. The molecule has 1 aromatic carbocycles. The first-order valence-electron chi connectivity index (χ1n) is 8.61. The van der Waals surface area contributed by atoms with Gasteiger partial charge in [0.05, 0.1) is 10.6 Å². The van der Waals surface area contributed by atoms with Gasteiger partial charge in [-0.1, -0.05) is 6.07 Å². The monoisotopic (exact) mass is 376 g/mol. The lowest BCUT2D eigenvalue weighted by molar-refractivity contribution is 0.111. The third kappa shape index (κ3) is 5.50. The normalized spacial score (nSPS) is 16.5. The molecule has 140 valence electrons. The second-order valence-electron chi connectivity index (χ2n) is 6.30. The first-order chi connectivity index (χ1) is 12.5. The Labute approximate surface area is 154 Å². The highest BCUT2D eigenvalue weighted by Crippen LogP contribution is 2.15. The summed E-state index contributed by atoms with van der Waals surface area (Å²) in [7, 11) is -3.66. The lowest BCUT2D eigenvalue weighted by atomic mass is 10.2. The Morgan fingerprint density at radius 1 is 1.00 bits per heavy atom. The maximum atomic E-state index is 11.2. The van der Waals surface area contributed by atoms with E-state index >= 15 is 0 Å². The third-order valence-electron chi connectivity index (χ3n) is 4.41. The van der Waals surface area contributed by atoms with Crippen LogP contribution in [0.3, 0.4) is 0 Å². The predicted molar refractivity (Wildman–Crippen MR) is 99.3 cm³/mol. The Balaban J connectivity index is 1.37. The molecule has 1 saturated heterocycles. The molecule has 3 rings (SSSR count). The summed E-state index contributed by atoms with van der Waals surface area (Å²) in [5.74, 6) is 0.645. The van der Waals surface area contributed by atoms with Crippen LogP contribution in [-0.4, -0.2) is 62.5 Å². The van der Waals surface area contributed by atoms with E-state index in [-0.39, 0.29) is 4.90 Å². The maximum absolute atomic E-state index is 11.2. The number of rotatable bonds is 7. The molecule has 26 heavy (non-hydrogen) atoms. The van der Waals surface area contributed by atoms with Crippen molar-refractivity contribution < 1.29 is 13.2 Å². The fourth-order valence-electron chi connectivity index (χ4n) is 2.91. The topological polar surface area (TPSA) is 88.8 Å². The van der Waals surface area contributed by atoms with E-state index in [4.69, 9.17) is 9.88 Å². The van der Waals surface area contributed by atoms with Crippen molar-refractivity contribution in [1.82, 2.24) is 14.8 Å². The van der Waals surface area contributed by atoms with Crippen LogP contribution in [-0.2, 0) is 16.6 Å². The van der Waals surface area contributed by atoms with Crippen molar-refractivity contribution in [2.75, 3.05) is 39.3 Å². The molecule has 1 fully saturated rings. The minimum absolute atomic E-state index is 0.0916. The summed E-state index contributed by atoms with van der Waals surface area (Å²) in [6.07, 6.45) is 1.83. The predicted octanol–water partition coefficient (Wildman–Crippen LogP) is 0.926. The van der Waals surface area contributed by atoms with Gasteiger partial charge in [0.15, 0.2) is 0 Å². The number of nitrogens with two attached hydrogens (primary N) is 1. The van der Waals surface area contributed by atoms with Crippen LogP contribution in [0.4, 0.5) is 0 Å². The SMILES string of the molecule is NS(=O)(=O)c1ccc(OCCN2CCN(Cc3ccccn3)CC2)cc1. The molecule has 1 aromatic heterocycles. The number of pyridine rings is 1. The van der Waals surface area contributed by atoms with Crippen LogP contribution in [0, 0.1) is 0 Å². The second kappa shape index (κ2) is 8.59. The highest BCUT2D eigenvalue weighted by atomic mass is 32.2. The van der Waals surface area contributed by atoms with E-state index < -0.39 is 10.0 Å². The summed E-state index contributed by atoms with van der Waals surface area (Å²) < 4.78 is 28.2. The quantitative estimate of drug-likeness (QED) is 0.773. The minimum atomic E-state index is -3.66. The number of sulfonamides is 1. The number of nitrogens with zero attached hydrogens (tertiary/aromatic N) is 3. The number of hydrogen-bond acceptors (Lipinski definition) is 6. The van der Waals surface area contributed by atoms with E-state index in [0.29, 0.717) is 12.4 Å². The lowest BCUT2D eigenvalue weighted by Gasteiger charge is -2.34. The van der Waals surface area contributed by atoms with Crippen LogP contribution in [0.25, 0.3) is 0 Å². The Bertz CT molecular complexity index is 789. The third-order valence-corrected chi connectivity index (χ3v) is 5.33. The van der Waals surface area contributed by atoms with E-state index in [2.05, 4.69) is 20.9 Å². The van der Waals surface area contributed by atoms with Gasteiger partial charge in [-0.05, 0) is 36.4 Å². The summed E-state index contributed by atoms with van der Waals surface area (Å²) in [6, 6.07) is 12.2. The number of ether oxygens (including phenoxy) is 1. The van der Waals surface area contributed by atoms with Crippen molar-refractivity contribution in [3.05, 3.63) is 54.4 Å². The number of benzene rings is 1. The Hall–Kier alpha value is -2.00. The average Bonchev–Trinajstić information content (AvgIpc) is 2.64. The molecular weight excluding hydrogens is 352 g/mol. The molecule has 0 aliphatic carbocycles. The van der Waals surface area contributed by atoms with E-state index in [0.717, 1.165) is 45.0 Å². The average molecular weight is 376 g/mol. The molecule has 0 atom stereocenters. The molecule has 8 heteroatoms. The van der Waals surface area contributed by atoms with Crippen molar-refractivity contribution in [2.45, 2.75) is 11.4 Å². The smallest absolute Gasteiger partial charge is 0.238 e. The number of hydrogen-bond donors (Lipinski definition) is 1. The van der Waals surface area contributed by atoms with Crippen LogP contribution in [0.5, 0.6) is 5.75 Å². The largest absolute Gasteiger partial charge is 0.492 e. The van der Waals surface area contributed by atoms with E-state index in [9.17, 15) is 8.42 Å². The second-order valence-corrected chi connectivity index (χ2v) is 7.87. The molecule has 7 nitrogen and oxygen atoms in total. The molecule has 0 spiro atoms. The zero-order valence-corrected chi connectivity index (χ0v) is 15.4. The number of primary sulfonamides is 1. The summed E-state index contributed by atoms with van der Waals surface area (Å²) in [4.78, 5) is 9.24. The van der Waals surface area contributed by atoms with Gasteiger partial charge in [-0.3, -0.25) is 14.8 Å². The molecule has 0 radical (unpaired) electrons. The van der Waals surface area contributed by atoms with E-state index in [1.54, 1.807) is 12.1 Å². The molecule has 1 aliphatic rings. The standard InChI is InChI=1S/C18H24N4O3S/c19-26(23,24)18-6-4-17(5-7-18)25-14-13-21-9-11-22(12-10-21)15-16-3-1-2-8-20-16/h1-8H,9-15H2,(H2,19,23,24). The molecule has 2 aromatic rings. The van der Waals surface area contributed by atoms with Gasteiger partial charge in [0.25, 0.3) is 0 Å². The van der Waals surface area contributed by atoms with Crippen LogP contribution >= 0.6 is 0 Å². The molecule has 0 saturated carbocycles. The summed E-state index contributed by atoms with van der Waals surface area (Å²) in [5, 5.41) is 5.08. The van der Waals surface area contributed by atoms with Crippen LogP contribution in [0.15, 0.2) is 53.6 Å². The van der Waals surface area contributed by atoms with Gasteiger partial charge >= 0.3 is 0 Å². The minimum Gasteiger partial charge on any atom is -0.492 e. The first-order valence-corrected chi connectivity index (χ1v) is 10.2. The van der Waals surface area contributed by atoms with Gasteiger partial charge in [-0.15, -0.1) is 0 Å². The Morgan fingerprint density at radius 3 is 2.31 bits per heavy atom. The Morgan fingerprint density at radius 2 is 1.69 bits per heavy atom. The van der Waals surface area contributed by atoms with Gasteiger partial charge in [0, 0.05) is 45.5 Å². The maximum Gasteiger partial charge on any atom is 0.238 e. The molecule has 2 N–H and O–H groups in total. The van der Waals surface area contributed by atoms with E-state index in [1.165, 1.54) is 12.1 Å². The van der Waals surface area contributed by atoms with Crippen molar-refractivity contribution in [3.63, 3.8) is 0 Å². The van der Waals surface area contributed by atoms with Gasteiger partial charge in [-0.25, -0.2) is 13.6 Å². The van der Waals surface area contributed by atoms with Crippen molar-refractivity contribution in [3.8, 4) is 5.75 Å². The lowest BCUT2D eigenvalue weighted by Crippen LogP contribution is -2.47. The molecular formula is C18H24N4O3S. The zero-order chi connectivity index (χ0) is 18.4. The van der Waals surface area contributed by atoms with Gasteiger partial charge in [-0.2, -0.15) is 0 Å². The summed E-state index contributed by atoms with van der Waals surface area (Å²) in [6.45, 7) is 6.32. The highest BCUT2D eigenvalue weighted by molar-refractivity contribution is 7.89. The van der Waals surface area contributed by atoms with Gasteiger partial charge in [0.1, 0.15) is 12.4 Å². The van der Waals surface area contributed by atoms with Crippen molar-refractivity contribution >= 4 is 10.0 Å². The van der Waals surface area contributed by atoms with Crippen molar-refractivity contribution in [1.29, 1.82) is 0 Å². The van der Waals surface area contributed by atoms with E-state index in [1.807, 2.05) is 18.3 Å². The number of piperazine rings is 1. The molecule has 2 heterocycles. The van der Waals surface area contributed by atoms with Crippen LogP contribution < -0.4 is 9.88 Å². The molecule has 0 bridgehead atoms. The molecule has 0 unspecified atom stereocenters.